The second-order valence-corrected chi connectivity index (χ2v) is 6.30. The van der Waals surface area contributed by atoms with Crippen molar-refractivity contribution in [3.8, 4) is 0 Å². The Morgan fingerprint density at radius 3 is 2.68 bits per heavy atom. The summed E-state index contributed by atoms with van der Waals surface area (Å²) in [6.07, 6.45) is 8.79. The molecular formula is C15H29N3O. The first-order valence-electron chi connectivity index (χ1n) is 7.92. The maximum absolute atomic E-state index is 11.8. The SMILES string of the molecule is CN1CCCC(CNCC(=O)NC2CCCCC2)C1. The summed E-state index contributed by atoms with van der Waals surface area (Å²) in [6.45, 7) is 3.84. The fourth-order valence-corrected chi connectivity index (χ4v) is 3.36. The van der Waals surface area contributed by atoms with Gasteiger partial charge >= 0.3 is 0 Å². The molecule has 0 aromatic rings. The van der Waals surface area contributed by atoms with Crippen molar-refractivity contribution >= 4 is 5.91 Å². The van der Waals surface area contributed by atoms with Crippen molar-refractivity contribution in [3.05, 3.63) is 0 Å². The van der Waals surface area contributed by atoms with E-state index in [2.05, 4.69) is 22.6 Å². The zero-order valence-electron chi connectivity index (χ0n) is 12.3. The van der Waals surface area contributed by atoms with Gasteiger partial charge < -0.3 is 15.5 Å². The first-order chi connectivity index (χ1) is 9.24. The number of carbonyl (C=O) groups is 1. The molecule has 1 heterocycles. The van der Waals surface area contributed by atoms with Gasteiger partial charge in [-0.1, -0.05) is 19.3 Å². The van der Waals surface area contributed by atoms with Crippen LogP contribution in [0.5, 0.6) is 0 Å². The van der Waals surface area contributed by atoms with E-state index in [0.717, 1.165) is 13.1 Å². The molecular weight excluding hydrogens is 238 g/mol. The Balaban J connectivity index is 1.55. The van der Waals surface area contributed by atoms with Crippen LogP contribution in [0.15, 0.2) is 0 Å². The number of hydrogen-bond donors (Lipinski definition) is 2. The Kier molecular flexibility index (Phi) is 6.11. The van der Waals surface area contributed by atoms with E-state index in [0.29, 0.717) is 18.5 Å². The monoisotopic (exact) mass is 267 g/mol. The zero-order chi connectivity index (χ0) is 13.5. The Labute approximate surface area is 117 Å². The fourth-order valence-electron chi connectivity index (χ4n) is 3.36. The standard InChI is InChI=1S/C15H29N3O/c1-18-9-5-6-13(12-18)10-16-11-15(19)17-14-7-3-2-4-8-14/h13-14,16H,2-12H2,1H3,(H,17,19). The Bertz CT molecular complexity index is 277. The lowest BCUT2D eigenvalue weighted by Crippen LogP contribution is -2.43. The number of nitrogens with one attached hydrogen (secondary N) is 2. The fraction of sp³-hybridized carbons (Fsp3) is 0.933. The first kappa shape index (κ1) is 14.8. The Morgan fingerprint density at radius 2 is 1.95 bits per heavy atom. The van der Waals surface area contributed by atoms with Crippen molar-refractivity contribution in [1.82, 2.24) is 15.5 Å². The van der Waals surface area contributed by atoms with Crippen LogP contribution in [0.1, 0.15) is 44.9 Å². The molecule has 0 aromatic heterocycles. The highest BCUT2D eigenvalue weighted by Crippen LogP contribution is 2.17. The molecule has 1 aliphatic carbocycles. The van der Waals surface area contributed by atoms with E-state index in [1.807, 2.05) is 0 Å². The summed E-state index contributed by atoms with van der Waals surface area (Å²) in [5.41, 5.74) is 0. The molecule has 0 spiro atoms. The van der Waals surface area contributed by atoms with Gasteiger partial charge in [-0.15, -0.1) is 0 Å². The molecule has 1 saturated heterocycles. The lowest BCUT2D eigenvalue weighted by molar-refractivity contribution is -0.121. The van der Waals surface area contributed by atoms with Crippen LogP contribution in [0.2, 0.25) is 0 Å². The van der Waals surface area contributed by atoms with Crippen molar-refractivity contribution in [2.45, 2.75) is 51.0 Å². The van der Waals surface area contributed by atoms with Gasteiger partial charge in [0.25, 0.3) is 0 Å². The number of hydrogen-bond acceptors (Lipinski definition) is 3. The molecule has 4 heteroatoms. The van der Waals surface area contributed by atoms with Gasteiger partial charge in [-0.25, -0.2) is 0 Å². The molecule has 1 atom stereocenters. The van der Waals surface area contributed by atoms with Gasteiger partial charge in [0, 0.05) is 12.6 Å². The van der Waals surface area contributed by atoms with Crippen molar-refractivity contribution in [2.24, 2.45) is 5.92 Å². The van der Waals surface area contributed by atoms with Crippen molar-refractivity contribution in [3.63, 3.8) is 0 Å². The van der Waals surface area contributed by atoms with E-state index < -0.39 is 0 Å². The van der Waals surface area contributed by atoms with E-state index >= 15 is 0 Å². The number of carbonyl (C=O) groups excluding carboxylic acids is 1. The van der Waals surface area contributed by atoms with Gasteiger partial charge in [-0.05, 0) is 51.7 Å². The summed E-state index contributed by atoms with van der Waals surface area (Å²) in [6, 6.07) is 0.434. The molecule has 0 radical (unpaired) electrons. The normalized spacial score (nSPS) is 26.3. The molecule has 2 N–H and O–H groups in total. The largest absolute Gasteiger partial charge is 0.352 e. The van der Waals surface area contributed by atoms with Gasteiger partial charge in [0.15, 0.2) is 0 Å². The summed E-state index contributed by atoms with van der Waals surface area (Å²) < 4.78 is 0. The molecule has 1 amide bonds. The maximum Gasteiger partial charge on any atom is 0.234 e. The van der Waals surface area contributed by atoms with E-state index in [4.69, 9.17) is 0 Å². The molecule has 110 valence electrons. The van der Waals surface area contributed by atoms with E-state index in [9.17, 15) is 4.79 Å². The van der Waals surface area contributed by atoms with Crippen molar-refractivity contribution < 1.29 is 4.79 Å². The molecule has 1 saturated carbocycles. The van der Waals surface area contributed by atoms with E-state index in [1.54, 1.807) is 0 Å². The smallest absolute Gasteiger partial charge is 0.234 e. The summed E-state index contributed by atoms with van der Waals surface area (Å²) in [7, 11) is 2.18. The molecule has 2 fully saturated rings. The second-order valence-electron chi connectivity index (χ2n) is 6.30. The number of nitrogens with zero attached hydrogens (tertiary/aromatic N) is 1. The van der Waals surface area contributed by atoms with E-state index in [-0.39, 0.29) is 5.91 Å². The number of rotatable bonds is 5. The number of piperidine rings is 1. The topological polar surface area (TPSA) is 44.4 Å². The zero-order valence-corrected chi connectivity index (χ0v) is 12.3. The van der Waals surface area contributed by atoms with Gasteiger partial charge in [0.1, 0.15) is 0 Å². The summed E-state index contributed by atoms with van der Waals surface area (Å²) in [4.78, 5) is 14.2. The van der Waals surface area contributed by atoms with Crippen LogP contribution < -0.4 is 10.6 Å². The summed E-state index contributed by atoms with van der Waals surface area (Å²) in [5, 5.41) is 6.48. The van der Waals surface area contributed by atoms with Gasteiger partial charge in [-0.2, -0.15) is 0 Å². The summed E-state index contributed by atoms with van der Waals surface area (Å²) >= 11 is 0. The van der Waals surface area contributed by atoms with Crippen LogP contribution in [-0.4, -0.2) is 50.1 Å². The average molecular weight is 267 g/mol. The van der Waals surface area contributed by atoms with Crippen LogP contribution >= 0.6 is 0 Å². The van der Waals surface area contributed by atoms with Crippen molar-refractivity contribution in [1.29, 1.82) is 0 Å². The van der Waals surface area contributed by atoms with Crippen LogP contribution in [0, 0.1) is 5.92 Å². The summed E-state index contributed by atoms with van der Waals surface area (Å²) in [5.74, 6) is 0.886. The molecule has 0 bridgehead atoms. The average Bonchev–Trinajstić information content (AvgIpc) is 2.40. The van der Waals surface area contributed by atoms with Crippen LogP contribution in [0.25, 0.3) is 0 Å². The highest BCUT2D eigenvalue weighted by Gasteiger charge is 2.18. The predicted molar refractivity (Wildman–Crippen MR) is 78.1 cm³/mol. The van der Waals surface area contributed by atoms with Gasteiger partial charge in [0.2, 0.25) is 5.91 Å². The highest BCUT2D eigenvalue weighted by molar-refractivity contribution is 5.78. The minimum absolute atomic E-state index is 0.177. The van der Waals surface area contributed by atoms with Gasteiger partial charge in [-0.3, -0.25) is 4.79 Å². The molecule has 2 rings (SSSR count). The Morgan fingerprint density at radius 1 is 1.16 bits per heavy atom. The third-order valence-corrected chi connectivity index (χ3v) is 4.41. The van der Waals surface area contributed by atoms with Gasteiger partial charge in [0.05, 0.1) is 6.54 Å². The lowest BCUT2D eigenvalue weighted by atomic mass is 9.95. The minimum atomic E-state index is 0.177. The molecule has 1 unspecified atom stereocenters. The van der Waals surface area contributed by atoms with Crippen LogP contribution in [-0.2, 0) is 4.79 Å². The first-order valence-corrected chi connectivity index (χ1v) is 7.92. The predicted octanol–water partition coefficient (Wildman–Crippen LogP) is 1.37. The quantitative estimate of drug-likeness (QED) is 0.791. The molecule has 4 nitrogen and oxygen atoms in total. The molecule has 0 aromatic carbocycles. The number of amides is 1. The molecule has 1 aliphatic heterocycles. The molecule has 19 heavy (non-hydrogen) atoms. The Hall–Kier alpha value is -0.610. The highest BCUT2D eigenvalue weighted by atomic mass is 16.1. The number of likely N-dealkylation sites (tertiary alicyclic amines) is 1. The maximum atomic E-state index is 11.8. The minimum Gasteiger partial charge on any atom is -0.352 e. The van der Waals surface area contributed by atoms with E-state index in [1.165, 1.54) is 51.5 Å². The van der Waals surface area contributed by atoms with Crippen LogP contribution in [0.4, 0.5) is 0 Å². The molecule has 2 aliphatic rings. The second kappa shape index (κ2) is 7.85. The third kappa shape index (κ3) is 5.49. The van der Waals surface area contributed by atoms with Crippen molar-refractivity contribution in [2.75, 3.05) is 33.2 Å². The lowest BCUT2D eigenvalue weighted by Gasteiger charge is -2.29. The third-order valence-electron chi connectivity index (χ3n) is 4.41. The van der Waals surface area contributed by atoms with Crippen LogP contribution in [0.3, 0.4) is 0 Å².